The van der Waals surface area contributed by atoms with Crippen LogP contribution >= 0.6 is 15.9 Å². The normalized spacial score (nSPS) is 10.4. The molecule has 0 radical (unpaired) electrons. The molecule has 0 atom stereocenters. The van der Waals surface area contributed by atoms with Crippen molar-refractivity contribution in [2.75, 3.05) is 5.32 Å². The van der Waals surface area contributed by atoms with Gasteiger partial charge in [0.1, 0.15) is 11.6 Å². The highest BCUT2D eigenvalue weighted by molar-refractivity contribution is 9.10. The number of carbonyl (C=O) groups is 1. The number of carboxylic acids is 1. The van der Waals surface area contributed by atoms with Crippen molar-refractivity contribution >= 4 is 33.4 Å². The summed E-state index contributed by atoms with van der Waals surface area (Å²) in [6.07, 6.45) is 1.55. The average molecular weight is 353 g/mol. The van der Waals surface area contributed by atoms with E-state index in [0.717, 1.165) is 6.42 Å². The fourth-order valence-corrected chi connectivity index (χ4v) is 2.13. The van der Waals surface area contributed by atoms with Gasteiger partial charge < -0.3 is 10.4 Å². The molecule has 0 saturated heterocycles. The summed E-state index contributed by atoms with van der Waals surface area (Å²) in [7, 11) is 0. The summed E-state index contributed by atoms with van der Waals surface area (Å²) in [5, 5.41) is 12.1. The molecule has 0 bridgehead atoms. The SMILES string of the molecule is CCCc1cc(C(=O)O)cc(Nc2ccc(Br)c(F)c2)n1. The van der Waals surface area contributed by atoms with Crippen LogP contribution in [0.3, 0.4) is 0 Å². The first-order valence-electron chi connectivity index (χ1n) is 6.46. The Morgan fingerprint density at radius 2 is 2.14 bits per heavy atom. The van der Waals surface area contributed by atoms with Gasteiger partial charge in [-0.05, 0) is 52.7 Å². The lowest BCUT2D eigenvalue weighted by molar-refractivity contribution is 0.0696. The third-order valence-corrected chi connectivity index (χ3v) is 3.47. The Kier molecular flexibility index (Phi) is 4.90. The number of hydrogen-bond donors (Lipinski definition) is 2. The van der Waals surface area contributed by atoms with Crippen LogP contribution < -0.4 is 5.32 Å². The average Bonchev–Trinajstić information content (AvgIpc) is 2.43. The van der Waals surface area contributed by atoms with Gasteiger partial charge in [-0.2, -0.15) is 0 Å². The lowest BCUT2D eigenvalue weighted by Gasteiger charge is -2.09. The van der Waals surface area contributed by atoms with Crippen molar-refractivity contribution in [1.29, 1.82) is 0 Å². The van der Waals surface area contributed by atoms with E-state index in [0.29, 0.717) is 28.1 Å². The highest BCUT2D eigenvalue weighted by Gasteiger charge is 2.09. The van der Waals surface area contributed by atoms with Gasteiger partial charge in [0.15, 0.2) is 0 Å². The zero-order valence-corrected chi connectivity index (χ0v) is 12.9. The monoisotopic (exact) mass is 352 g/mol. The van der Waals surface area contributed by atoms with Crippen LogP contribution in [0.25, 0.3) is 0 Å². The molecule has 4 nitrogen and oxygen atoms in total. The van der Waals surface area contributed by atoms with Crippen LogP contribution in [-0.4, -0.2) is 16.1 Å². The topological polar surface area (TPSA) is 62.2 Å². The molecule has 2 rings (SSSR count). The molecule has 1 heterocycles. The first kappa shape index (κ1) is 15.4. The standard InChI is InChI=1S/C15H14BrFN2O2/c1-2-3-10-6-9(15(20)21)7-14(18-10)19-11-4-5-12(16)13(17)8-11/h4-8H,2-3H2,1H3,(H,18,19)(H,20,21). The third kappa shape index (κ3) is 4.01. The van der Waals surface area contributed by atoms with Crippen molar-refractivity contribution in [1.82, 2.24) is 4.98 Å². The van der Waals surface area contributed by atoms with Gasteiger partial charge in [-0.1, -0.05) is 13.3 Å². The molecule has 0 aliphatic carbocycles. The van der Waals surface area contributed by atoms with Crippen molar-refractivity contribution in [2.45, 2.75) is 19.8 Å². The summed E-state index contributed by atoms with van der Waals surface area (Å²) in [6.45, 7) is 1.99. The van der Waals surface area contributed by atoms with E-state index >= 15 is 0 Å². The minimum Gasteiger partial charge on any atom is -0.478 e. The summed E-state index contributed by atoms with van der Waals surface area (Å²) in [5.74, 6) is -1.02. The highest BCUT2D eigenvalue weighted by atomic mass is 79.9. The largest absolute Gasteiger partial charge is 0.478 e. The van der Waals surface area contributed by atoms with Gasteiger partial charge in [-0.3, -0.25) is 0 Å². The molecule has 6 heteroatoms. The molecule has 1 aromatic carbocycles. The van der Waals surface area contributed by atoms with E-state index in [1.165, 1.54) is 12.1 Å². The van der Waals surface area contributed by atoms with Crippen molar-refractivity contribution < 1.29 is 14.3 Å². The number of hydrogen-bond acceptors (Lipinski definition) is 3. The highest BCUT2D eigenvalue weighted by Crippen LogP contribution is 2.22. The number of nitrogens with one attached hydrogen (secondary N) is 1. The quantitative estimate of drug-likeness (QED) is 0.838. The number of rotatable bonds is 5. The van der Waals surface area contributed by atoms with Crippen LogP contribution in [-0.2, 0) is 6.42 Å². The minimum absolute atomic E-state index is 0.161. The number of pyridine rings is 1. The number of aromatic carboxylic acids is 1. The van der Waals surface area contributed by atoms with Crippen LogP contribution in [0.5, 0.6) is 0 Å². The van der Waals surface area contributed by atoms with Crippen LogP contribution in [0.1, 0.15) is 29.4 Å². The number of anilines is 2. The lowest BCUT2D eigenvalue weighted by atomic mass is 10.1. The first-order chi connectivity index (χ1) is 9.99. The van der Waals surface area contributed by atoms with Gasteiger partial charge in [0.2, 0.25) is 0 Å². The summed E-state index contributed by atoms with van der Waals surface area (Å²) >= 11 is 3.08. The lowest BCUT2D eigenvalue weighted by Crippen LogP contribution is -2.04. The van der Waals surface area contributed by atoms with Crippen LogP contribution in [0.4, 0.5) is 15.9 Å². The number of aromatic nitrogens is 1. The summed E-state index contributed by atoms with van der Waals surface area (Å²) < 4.78 is 13.9. The Morgan fingerprint density at radius 3 is 2.76 bits per heavy atom. The third-order valence-electron chi connectivity index (χ3n) is 2.82. The molecular formula is C15H14BrFN2O2. The second-order valence-corrected chi connectivity index (χ2v) is 5.40. The number of carboxylic acid groups (broad SMARTS) is 1. The van der Waals surface area contributed by atoms with Gasteiger partial charge in [0, 0.05) is 11.4 Å². The fourth-order valence-electron chi connectivity index (χ4n) is 1.88. The Labute approximate surface area is 130 Å². The maximum Gasteiger partial charge on any atom is 0.335 e. The summed E-state index contributed by atoms with van der Waals surface area (Å²) in [6, 6.07) is 7.56. The Balaban J connectivity index is 2.33. The van der Waals surface area contributed by atoms with Crippen LogP contribution in [0.2, 0.25) is 0 Å². The molecule has 2 aromatic rings. The van der Waals surface area contributed by atoms with Crippen molar-refractivity contribution in [3.63, 3.8) is 0 Å². The Hall–Kier alpha value is -1.95. The maximum absolute atomic E-state index is 13.5. The molecule has 0 aliphatic heterocycles. The summed E-state index contributed by atoms with van der Waals surface area (Å²) in [4.78, 5) is 15.5. The molecule has 110 valence electrons. The van der Waals surface area contributed by atoms with Crippen molar-refractivity contribution in [3.05, 3.63) is 51.9 Å². The Bertz CT molecular complexity index is 677. The molecule has 0 spiro atoms. The van der Waals surface area contributed by atoms with Gasteiger partial charge in [0.05, 0.1) is 10.0 Å². The van der Waals surface area contributed by atoms with Gasteiger partial charge in [-0.25, -0.2) is 14.2 Å². The molecular weight excluding hydrogens is 339 g/mol. The van der Waals surface area contributed by atoms with Gasteiger partial charge in [0.25, 0.3) is 0 Å². The fraction of sp³-hybridized carbons (Fsp3) is 0.200. The molecule has 0 saturated carbocycles. The van der Waals surface area contributed by atoms with Gasteiger partial charge in [-0.15, -0.1) is 0 Å². The van der Waals surface area contributed by atoms with E-state index in [4.69, 9.17) is 5.11 Å². The second-order valence-electron chi connectivity index (χ2n) is 4.54. The molecule has 2 N–H and O–H groups in total. The molecule has 0 unspecified atom stereocenters. The van der Waals surface area contributed by atoms with Crippen LogP contribution in [0.15, 0.2) is 34.8 Å². The molecule has 0 fully saturated rings. The number of aryl methyl sites for hydroxylation is 1. The molecule has 1 aromatic heterocycles. The second kappa shape index (κ2) is 6.67. The van der Waals surface area contributed by atoms with E-state index < -0.39 is 11.8 Å². The molecule has 0 amide bonds. The number of benzene rings is 1. The number of halogens is 2. The van der Waals surface area contributed by atoms with E-state index in [1.807, 2.05) is 6.92 Å². The van der Waals surface area contributed by atoms with Crippen LogP contribution in [0, 0.1) is 5.82 Å². The first-order valence-corrected chi connectivity index (χ1v) is 7.25. The van der Waals surface area contributed by atoms with Crippen molar-refractivity contribution in [2.24, 2.45) is 0 Å². The molecule has 0 aliphatic rings. The van der Waals surface area contributed by atoms with E-state index in [9.17, 15) is 9.18 Å². The Morgan fingerprint density at radius 1 is 1.38 bits per heavy atom. The zero-order chi connectivity index (χ0) is 15.4. The van der Waals surface area contributed by atoms with E-state index in [-0.39, 0.29) is 5.56 Å². The van der Waals surface area contributed by atoms with Crippen molar-refractivity contribution in [3.8, 4) is 0 Å². The number of nitrogens with zero attached hydrogens (tertiary/aromatic N) is 1. The zero-order valence-electron chi connectivity index (χ0n) is 11.4. The van der Waals surface area contributed by atoms with E-state index in [1.54, 1.807) is 18.2 Å². The predicted octanol–water partition coefficient (Wildman–Crippen LogP) is 4.38. The van der Waals surface area contributed by atoms with E-state index in [2.05, 4.69) is 26.2 Å². The van der Waals surface area contributed by atoms with Gasteiger partial charge >= 0.3 is 5.97 Å². The minimum atomic E-state index is -1.01. The maximum atomic E-state index is 13.5. The smallest absolute Gasteiger partial charge is 0.335 e. The predicted molar refractivity (Wildman–Crippen MR) is 82.6 cm³/mol. The molecule has 21 heavy (non-hydrogen) atoms. The summed E-state index contributed by atoms with van der Waals surface area (Å²) in [5.41, 5.74) is 1.36.